The van der Waals surface area contributed by atoms with Crippen LogP contribution >= 0.6 is 0 Å². The van der Waals surface area contributed by atoms with Gasteiger partial charge in [-0.1, -0.05) is 84.9 Å². The molecule has 1 saturated carbocycles. The van der Waals surface area contributed by atoms with Crippen LogP contribution in [0.5, 0.6) is 0 Å². The van der Waals surface area contributed by atoms with Crippen molar-refractivity contribution in [2.75, 3.05) is 0 Å². The zero-order chi connectivity index (χ0) is 22.1. The molecule has 3 aliphatic carbocycles. The van der Waals surface area contributed by atoms with Crippen LogP contribution in [0.1, 0.15) is 73.6 Å². The third-order valence-corrected chi connectivity index (χ3v) is 8.41. The average molecular weight is 429 g/mol. The van der Waals surface area contributed by atoms with Gasteiger partial charge < -0.3 is 0 Å². The van der Waals surface area contributed by atoms with Gasteiger partial charge in [-0.2, -0.15) is 0 Å². The van der Waals surface area contributed by atoms with E-state index in [0.29, 0.717) is 23.0 Å². The lowest BCUT2D eigenvalue weighted by Gasteiger charge is -2.54. The van der Waals surface area contributed by atoms with Gasteiger partial charge in [0.25, 0.3) is 0 Å². The molecule has 4 aromatic rings. The molecule has 0 aliphatic heterocycles. The summed E-state index contributed by atoms with van der Waals surface area (Å²) in [5.41, 5.74) is 6.25. The first-order valence-electron chi connectivity index (χ1n) is 12.0. The minimum absolute atomic E-state index is 0.201. The molecule has 3 aliphatic rings. The standard InChI is InChI=1S/C31H24O2/c32-30-23-13-5-3-11-21(23)27-25-15-7-9-19-17-16-18-8-1-2-10-20(18)26(19)29(25)28(27)22-12-4-6-14-24(22)31(30)33/h1-6,8,10-14,16-17,25,27-29H,7,9,15H2. The molecule has 0 heterocycles. The van der Waals surface area contributed by atoms with Crippen molar-refractivity contribution < 1.29 is 9.59 Å². The monoisotopic (exact) mass is 428 g/mol. The number of rotatable bonds is 0. The molecule has 0 saturated heterocycles. The third-order valence-electron chi connectivity index (χ3n) is 8.41. The van der Waals surface area contributed by atoms with E-state index in [1.165, 1.54) is 21.9 Å². The first-order chi connectivity index (χ1) is 16.2. The van der Waals surface area contributed by atoms with Gasteiger partial charge >= 0.3 is 0 Å². The summed E-state index contributed by atoms with van der Waals surface area (Å²) in [6.07, 6.45) is 3.40. The average Bonchev–Trinajstić information content (AvgIpc) is 3.01. The van der Waals surface area contributed by atoms with Gasteiger partial charge in [0.15, 0.2) is 0 Å². The zero-order valence-electron chi connectivity index (χ0n) is 18.3. The van der Waals surface area contributed by atoms with Crippen LogP contribution in [0.25, 0.3) is 10.8 Å². The molecule has 0 N–H and O–H groups in total. The van der Waals surface area contributed by atoms with Crippen LogP contribution in [0.4, 0.5) is 0 Å². The molecule has 0 aromatic heterocycles. The second kappa shape index (κ2) is 6.99. The van der Waals surface area contributed by atoms with E-state index in [1.54, 1.807) is 0 Å². The minimum atomic E-state index is -0.369. The van der Waals surface area contributed by atoms with Crippen LogP contribution < -0.4 is 0 Å². The number of carbonyl (C=O) groups is 2. The van der Waals surface area contributed by atoms with Gasteiger partial charge in [-0.25, -0.2) is 0 Å². The molecule has 33 heavy (non-hydrogen) atoms. The molecule has 0 spiro atoms. The third kappa shape index (κ3) is 2.55. The van der Waals surface area contributed by atoms with Crippen LogP contribution in [-0.2, 0) is 6.42 Å². The van der Waals surface area contributed by atoms with Crippen LogP contribution in [0, 0.1) is 5.92 Å². The van der Waals surface area contributed by atoms with E-state index in [2.05, 4.69) is 48.5 Å². The molecular formula is C31H24O2. The highest BCUT2D eigenvalue weighted by atomic mass is 16.2. The molecule has 4 atom stereocenters. The second-order valence-electron chi connectivity index (χ2n) is 9.83. The summed E-state index contributed by atoms with van der Waals surface area (Å²) in [4.78, 5) is 26.6. The van der Waals surface area contributed by atoms with E-state index in [9.17, 15) is 9.59 Å². The number of hydrogen-bond donors (Lipinski definition) is 0. The van der Waals surface area contributed by atoms with E-state index >= 15 is 0 Å². The summed E-state index contributed by atoms with van der Waals surface area (Å²) < 4.78 is 0. The maximum absolute atomic E-state index is 13.4. The SMILES string of the molecule is O=C1C(=O)c2ccccc2C2C(c3ccccc31)C1CCCc3ccc4ccccc4c3C12. The largest absolute Gasteiger partial charge is 0.285 e. The van der Waals surface area contributed by atoms with Crippen molar-refractivity contribution in [3.05, 3.63) is 118 Å². The number of Topliss-reactive ketones (excluding diaryl/α,β-unsaturated/α-hetero) is 2. The summed E-state index contributed by atoms with van der Waals surface area (Å²) in [5, 5.41) is 2.63. The number of fused-ring (bicyclic) bond motifs is 12. The van der Waals surface area contributed by atoms with E-state index in [4.69, 9.17) is 0 Å². The van der Waals surface area contributed by atoms with Gasteiger partial charge in [0, 0.05) is 11.1 Å². The van der Waals surface area contributed by atoms with E-state index < -0.39 is 0 Å². The minimum Gasteiger partial charge on any atom is -0.285 e. The van der Waals surface area contributed by atoms with Crippen LogP contribution in [0.15, 0.2) is 84.9 Å². The molecule has 2 nitrogen and oxygen atoms in total. The Kier molecular flexibility index (Phi) is 4.02. The number of benzene rings is 4. The zero-order valence-corrected chi connectivity index (χ0v) is 18.3. The Hall–Kier alpha value is -3.52. The topological polar surface area (TPSA) is 34.1 Å². The summed E-state index contributed by atoms with van der Waals surface area (Å²) in [6, 6.07) is 29.0. The highest BCUT2D eigenvalue weighted by molar-refractivity contribution is 6.50. The van der Waals surface area contributed by atoms with Crippen LogP contribution in [-0.4, -0.2) is 11.6 Å². The van der Waals surface area contributed by atoms with Gasteiger partial charge in [0.2, 0.25) is 11.6 Å². The Balaban J connectivity index is 1.53. The molecule has 0 amide bonds. The van der Waals surface area contributed by atoms with Gasteiger partial charge in [0.1, 0.15) is 0 Å². The molecule has 7 rings (SSSR count). The van der Waals surface area contributed by atoms with Crippen molar-refractivity contribution >= 4 is 22.3 Å². The Bertz CT molecular complexity index is 1460. The first kappa shape index (κ1) is 19.0. The number of carbonyl (C=O) groups excluding carboxylic acids is 2. The fraction of sp³-hybridized carbons (Fsp3) is 0.226. The van der Waals surface area contributed by atoms with Crippen molar-refractivity contribution in [3.8, 4) is 0 Å². The molecule has 160 valence electrons. The van der Waals surface area contributed by atoms with Crippen molar-refractivity contribution in [2.45, 2.75) is 37.0 Å². The maximum atomic E-state index is 13.4. The van der Waals surface area contributed by atoms with Crippen molar-refractivity contribution in [1.82, 2.24) is 0 Å². The lowest BCUT2D eigenvalue weighted by Crippen LogP contribution is -2.44. The summed E-state index contributed by atoms with van der Waals surface area (Å²) in [7, 11) is 0. The number of hydrogen-bond acceptors (Lipinski definition) is 2. The Morgan fingerprint density at radius 1 is 0.606 bits per heavy atom. The molecule has 1 fully saturated rings. The predicted octanol–water partition coefficient (Wildman–Crippen LogP) is 6.84. The molecule has 0 radical (unpaired) electrons. The highest BCUT2D eigenvalue weighted by Crippen LogP contribution is 2.67. The Morgan fingerprint density at radius 3 is 2.00 bits per heavy atom. The predicted molar refractivity (Wildman–Crippen MR) is 130 cm³/mol. The van der Waals surface area contributed by atoms with Crippen molar-refractivity contribution in [2.24, 2.45) is 5.92 Å². The van der Waals surface area contributed by atoms with Crippen molar-refractivity contribution in [1.29, 1.82) is 0 Å². The highest BCUT2D eigenvalue weighted by Gasteiger charge is 2.55. The van der Waals surface area contributed by atoms with Gasteiger partial charge in [-0.3, -0.25) is 9.59 Å². The van der Waals surface area contributed by atoms with Gasteiger partial charge in [0.05, 0.1) is 0 Å². The van der Waals surface area contributed by atoms with Crippen molar-refractivity contribution in [3.63, 3.8) is 0 Å². The van der Waals surface area contributed by atoms with E-state index in [1.807, 2.05) is 36.4 Å². The lowest BCUT2D eigenvalue weighted by molar-refractivity contribution is 0.0801. The molecule has 4 unspecified atom stereocenters. The van der Waals surface area contributed by atoms with E-state index in [0.717, 1.165) is 30.4 Å². The first-order valence-corrected chi connectivity index (χ1v) is 12.0. The molecular weight excluding hydrogens is 404 g/mol. The quantitative estimate of drug-likeness (QED) is 0.288. The van der Waals surface area contributed by atoms with Gasteiger partial charge in [-0.15, -0.1) is 0 Å². The smallest absolute Gasteiger partial charge is 0.233 e. The molecule has 0 bridgehead atoms. The van der Waals surface area contributed by atoms with Gasteiger partial charge in [-0.05, 0) is 76.0 Å². The summed E-state index contributed by atoms with van der Waals surface area (Å²) >= 11 is 0. The summed E-state index contributed by atoms with van der Waals surface area (Å²) in [5.74, 6) is 0.554. The lowest BCUT2D eigenvalue weighted by atomic mass is 9.48. The Labute approximate surface area is 193 Å². The van der Waals surface area contributed by atoms with E-state index in [-0.39, 0.29) is 23.4 Å². The normalized spacial score (nSPS) is 25.3. The Morgan fingerprint density at radius 2 is 1.24 bits per heavy atom. The fourth-order valence-electron chi connectivity index (χ4n) is 7.11. The number of aryl methyl sites for hydroxylation is 1. The maximum Gasteiger partial charge on any atom is 0.233 e. The van der Waals surface area contributed by atoms with Crippen LogP contribution in [0.2, 0.25) is 0 Å². The second-order valence-corrected chi connectivity index (χ2v) is 9.83. The van der Waals surface area contributed by atoms with Crippen LogP contribution in [0.3, 0.4) is 0 Å². The number of ketones is 2. The summed E-state index contributed by atoms with van der Waals surface area (Å²) in [6.45, 7) is 0. The molecule has 4 aromatic carbocycles. The fourth-order valence-corrected chi connectivity index (χ4v) is 7.11. The molecule has 2 heteroatoms.